The minimum absolute atomic E-state index is 0.0755. The molecule has 0 fully saturated rings. The summed E-state index contributed by atoms with van der Waals surface area (Å²) in [5.41, 5.74) is 3.23. The van der Waals surface area contributed by atoms with Gasteiger partial charge in [0, 0.05) is 13.1 Å². The fourth-order valence-corrected chi connectivity index (χ4v) is 4.04. The number of carbonyl (C=O) groups is 1. The van der Waals surface area contributed by atoms with Gasteiger partial charge >= 0.3 is 0 Å². The summed E-state index contributed by atoms with van der Waals surface area (Å²) in [6.07, 6.45) is 2.46. The van der Waals surface area contributed by atoms with E-state index in [-0.39, 0.29) is 5.91 Å². The molecule has 4 rings (SSSR count). The van der Waals surface area contributed by atoms with Crippen LogP contribution in [0.1, 0.15) is 11.1 Å². The summed E-state index contributed by atoms with van der Waals surface area (Å²) < 4.78 is 12.5. The summed E-state index contributed by atoms with van der Waals surface area (Å²) in [6, 6.07) is 13.7. The van der Waals surface area contributed by atoms with E-state index in [9.17, 15) is 4.79 Å². The molecule has 0 N–H and O–H groups in total. The lowest BCUT2D eigenvalue weighted by Crippen LogP contribution is -2.37. The SMILES string of the molecule is COc1cc2c(cc1OC)CN(C(=O)CSc1ncn(-c3ccccc3)n1)CC2. The van der Waals surface area contributed by atoms with Crippen molar-refractivity contribution in [2.45, 2.75) is 18.1 Å². The lowest BCUT2D eigenvalue weighted by Gasteiger charge is -2.29. The van der Waals surface area contributed by atoms with Gasteiger partial charge in [-0.05, 0) is 41.8 Å². The number of amides is 1. The molecule has 0 atom stereocenters. The van der Waals surface area contributed by atoms with Crippen LogP contribution in [0.25, 0.3) is 5.69 Å². The molecular weight excluding hydrogens is 388 g/mol. The number of nitrogens with zero attached hydrogens (tertiary/aromatic N) is 4. The van der Waals surface area contributed by atoms with Crippen molar-refractivity contribution in [3.63, 3.8) is 0 Å². The van der Waals surface area contributed by atoms with Gasteiger partial charge in [-0.25, -0.2) is 9.67 Å². The number of fused-ring (bicyclic) bond motifs is 1. The molecule has 2 aromatic carbocycles. The van der Waals surface area contributed by atoms with E-state index in [2.05, 4.69) is 10.1 Å². The Balaban J connectivity index is 1.38. The van der Waals surface area contributed by atoms with Gasteiger partial charge in [0.05, 0.1) is 25.7 Å². The van der Waals surface area contributed by atoms with Gasteiger partial charge in [0.1, 0.15) is 6.33 Å². The molecule has 1 aliphatic heterocycles. The molecule has 8 heteroatoms. The maximum absolute atomic E-state index is 12.7. The number of rotatable bonds is 6. The summed E-state index contributed by atoms with van der Waals surface area (Å²) in [7, 11) is 3.25. The molecule has 0 aliphatic carbocycles. The Morgan fingerprint density at radius 2 is 1.83 bits per heavy atom. The van der Waals surface area contributed by atoms with Crippen LogP contribution in [0.2, 0.25) is 0 Å². The highest BCUT2D eigenvalue weighted by Gasteiger charge is 2.23. The summed E-state index contributed by atoms with van der Waals surface area (Å²) in [6.45, 7) is 1.26. The molecular formula is C21H22N4O3S. The molecule has 2 heterocycles. The van der Waals surface area contributed by atoms with Gasteiger partial charge in [0.15, 0.2) is 11.5 Å². The summed E-state index contributed by atoms with van der Waals surface area (Å²) in [5, 5.41) is 5.03. The molecule has 3 aromatic rings. The van der Waals surface area contributed by atoms with Crippen LogP contribution in [0.5, 0.6) is 11.5 Å². The van der Waals surface area contributed by atoms with Crippen LogP contribution >= 0.6 is 11.8 Å². The molecule has 150 valence electrons. The van der Waals surface area contributed by atoms with Crippen molar-refractivity contribution in [2.75, 3.05) is 26.5 Å². The molecule has 7 nitrogen and oxygen atoms in total. The number of hydrogen-bond acceptors (Lipinski definition) is 6. The second-order valence-corrected chi connectivity index (χ2v) is 7.58. The molecule has 0 unspecified atom stereocenters. The molecule has 1 aromatic heterocycles. The Hall–Kier alpha value is -3.00. The van der Waals surface area contributed by atoms with Crippen LogP contribution in [0.15, 0.2) is 53.9 Å². The second kappa shape index (κ2) is 8.57. The summed E-state index contributed by atoms with van der Waals surface area (Å²) in [4.78, 5) is 18.9. The predicted octanol–water partition coefficient (Wildman–Crippen LogP) is 2.96. The zero-order valence-electron chi connectivity index (χ0n) is 16.4. The minimum atomic E-state index is 0.0755. The summed E-state index contributed by atoms with van der Waals surface area (Å²) in [5.74, 6) is 1.79. The highest BCUT2D eigenvalue weighted by Crippen LogP contribution is 2.33. The average molecular weight is 410 g/mol. The highest BCUT2D eigenvalue weighted by atomic mass is 32.2. The van der Waals surface area contributed by atoms with Crippen LogP contribution in [0.3, 0.4) is 0 Å². The lowest BCUT2D eigenvalue weighted by atomic mass is 9.99. The number of aromatic nitrogens is 3. The Morgan fingerprint density at radius 3 is 2.55 bits per heavy atom. The first-order chi connectivity index (χ1) is 14.2. The van der Waals surface area contributed by atoms with Crippen molar-refractivity contribution < 1.29 is 14.3 Å². The Bertz CT molecular complexity index is 1010. The van der Waals surface area contributed by atoms with Gasteiger partial charge in [-0.1, -0.05) is 30.0 Å². The first kappa shape index (κ1) is 19.3. The van der Waals surface area contributed by atoms with Gasteiger partial charge < -0.3 is 14.4 Å². The zero-order chi connectivity index (χ0) is 20.2. The second-order valence-electron chi connectivity index (χ2n) is 6.64. The fourth-order valence-electron chi connectivity index (χ4n) is 3.33. The fraction of sp³-hybridized carbons (Fsp3) is 0.286. The Morgan fingerprint density at radius 1 is 1.10 bits per heavy atom. The number of thioether (sulfide) groups is 1. The molecule has 0 saturated heterocycles. The van der Waals surface area contributed by atoms with Crippen molar-refractivity contribution in [3.8, 4) is 17.2 Å². The zero-order valence-corrected chi connectivity index (χ0v) is 17.2. The van der Waals surface area contributed by atoms with Crippen molar-refractivity contribution in [2.24, 2.45) is 0 Å². The highest BCUT2D eigenvalue weighted by molar-refractivity contribution is 7.99. The normalized spacial score (nSPS) is 13.1. The third kappa shape index (κ3) is 4.22. The molecule has 0 saturated carbocycles. The lowest BCUT2D eigenvalue weighted by molar-refractivity contribution is -0.129. The van der Waals surface area contributed by atoms with Gasteiger partial charge in [0.2, 0.25) is 11.1 Å². The maximum Gasteiger partial charge on any atom is 0.233 e. The number of hydrogen-bond donors (Lipinski definition) is 0. The van der Waals surface area contributed by atoms with Crippen LogP contribution in [-0.4, -0.2) is 52.1 Å². The van der Waals surface area contributed by atoms with Gasteiger partial charge in [-0.15, -0.1) is 5.10 Å². The molecule has 1 amide bonds. The maximum atomic E-state index is 12.7. The monoisotopic (exact) mass is 410 g/mol. The third-order valence-electron chi connectivity index (χ3n) is 4.89. The Labute approximate surface area is 173 Å². The largest absolute Gasteiger partial charge is 0.493 e. The number of ether oxygens (including phenoxy) is 2. The van der Waals surface area contributed by atoms with E-state index < -0.39 is 0 Å². The van der Waals surface area contributed by atoms with Crippen LogP contribution in [0, 0.1) is 0 Å². The summed E-state index contributed by atoms with van der Waals surface area (Å²) >= 11 is 1.35. The average Bonchev–Trinajstić information content (AvgIpc) is 3.25. The van der Waals surface area contributed by atoms with E-state index in [4.69, 9.17) is 9.47 Å². The topological polar surface area (TPSA) is 69.5 Å². The molecule has 29 heavy (non-hydrogen) atoms. The molecule has 0 spiro atoms. The number of benzene rings is 2. The van der Waals surface area contributed by atoms with Crippen molar-refractivity contribution in [1.29, 1.82) is 0 Å². The molecule has 1 aliphatic rings. The molecule has 0 radical (unpaired) electrons. The predicted molar refractivity (Wildman–Crippen MR) is 111 cm³/mol. The van der Waals surface area contributed by atoms with E-state index in [1.165, 1.54) is 17.3 Å². The minimum Gasteiger partial charge on any atom is -0.493 e. The van der Waals surface area contributed by atoms with E-state index in [1.54, 1.807) is 25.2 Å². The first-order valence-electron chi connectivity index (χ1n) is 9.29. The molecule has 0 bridgehead atoms. The third-order valence-corrected chi connectivity index (χ3v) is 5.72. The van der Waals surface area contributed by atoms with Gasteiger partial charge in [0.25, 0.3) is 0 Å². The smallest absolute Gasteiger partial charge is 0.233 e. The number of para-hydroxylation sites is 1. The van der Waals surface area contributed by atoms with Crippen LogP contribution in [0.4, 0.5) is 0 Å². The van der Waals surface area contributed by atoms with E-state index in [0.29, 0.717) is 29.7 Å². The van der Waals surface area contributed by atoms with E-state index in [0.717, 1.165) is 23.4 Å². The van der Waals surface area contributed by atoms with E-state index >= 15 is 0 Å². The first-order valence-corrected chi connectivity index (χ1v) is 10.3. The quantitative estimate of drug-likeness (QED) is 0.582. The van der Waals surface area contributed by atoms with Gasteiger partial charge in [-0.2, -0.15) is 0 Å². The van der Waals surface area contributed by atoms with Crippen molar-refractivity contribution in [3.05, 3.63) is 59.9 Å². The van der Waals surface area contributed by atoms with Crippen molar-refractivity contribution >= 4 is 17.7 Å². The van der Waals surface area contributed by atoms with Gasteiger partial charge in [-0.3, -0.25) is 4.79 Å². The Kier molecular flexibility index (Phi) is 5.71. The number of carbonyl (C=O) groups excluding carboxylic acids is 1. The van der Waals surface area contributed by atoms with Crippen LogP contribution in [-0.2, 0) is 17.8 Å². The van der Waals surface area contributed by atoms with Crippen LogP contribution < -0.4 is 9.47 Å². The number of methoxy groups -OCH3 is 2. The standard InChI is InChI=1S/C21H22N4O3S/c1-27-18-10-15-8-9-24(12-16(15)11-19(18)28-2)20(26)13-29-21-22-14-25(23-21)17-6-4-3-5-7-17/h3-7,10-11,14H,8-9,12-13H2,1-2H3. The van der Waals surface area contributed by atoms with Crippen molar-refractivity contribution in [1.82, 2.24) is 19.7 Å². The van der Waals surface area contributed by atoms with E-state index in [1.807, 2.05) is 47.4 Å².